The second kappa shape index (κ2) is 9.08. The monoisotopic (exact) mass is 480 g/mol. The maximum absolute atomic E-state index is 13.2. The van der Waals surface area contributed by atoms with Crippen molar-refractivity contribution in [1.29, 1.82) is 0 Å². The number of carbonyl (C=O) groups excluding carboxylic acids is 1. The number of rotatable bonds is 6. The van der Waals surface area contributed by atoms with Crippen LogP contribution in [0.25, 0.3) is 5.69 Å². The van der Waals surface area contributed by atoms with Crippen LogP contribution in [-0.2, 0) is 4.79 Å². The molecule has 166 valence electrons. The Morgan fingerprint density at radius 3 is 2.67 bits per heavy atom. The van der Waals surface area contributed by atoms with Gasteiger partial charge in [-0.1, -0.05) is 35.5 Å². The number of hydrogen-bond acceptors (Lipinski definition) is 8. The van der Waals surface area contributed by atoms with E-state index in [1.54, 1.807) is 48.7 Å². The van der Waals surface area contributed by atoms with Gasteiger partial charge in [0, 0.05) is 11.4 Å². The van der Waals surface area contributed by atoms with E-state index in [4.69, 9.17) is 16.0 Å². The number of tetrazole rings is 1. The van der Waals surface area contributed by atoms with Crippen molar-refractivity contribution in [2.75, 3.05) is 5.75 Å². The predicted octanol–water partition coefficient (Wildman–Crippen LogP) is 4.08. The molecular weight excluding hydrogens is 464 g/mol. The van der Waals surface area contributed by atoms with Crippen molar-refractivity contribution in [3.8, 4) is 11.4 Å². The number of thioether (sulfide) groups is 1. The molecule has 9 nitrogen and oxygen atoms in total. The van der Waals surface area contributed by atoms with E-state index in [0.29, 0.717) is 28.0 Å². The van der Waals surface area contributed by atoms with Crippen LogP contribution in [0.1, 0.15) is 23.8 Å². The van der Waals surface area contributed by atoms with Gasteiger partial charge in [0.1, 0.15) is 17.6 Å². The second-order valence-corrected chi connectivity index (χ2v) is 8.58. The SMILES string of the molecule is O=C(CSc1nnnn1-c1ccc(O)cc1)N1N=C(c2ccc(Cl)cc2)CC1c1ccco1. The van der Waals surface area contributed by atoms with Gasteiger partial charge in [-0.15, -0.1) is 5.10 Å². The number of halogens is 1. The van der Waals surface area contributed by atoms with Crippen LogP contribution in [0.5, 0.6) is 5.75 Å². The molecule has 1 unspecified atom stereocenters. The Hall–Kier alpha value is -3.63. The molecule has 1 amide bonds. The Labute approximate surface area is 197 Å². The van der Waals surface area contributed by atoms with E-state index in [0.717, 1.165) is 11.3 Å². The molecule has 1 atom stereocenters. The fourth-order valence-electron chi connectivity index (χ4n) is 3.48. The molecule has 1 aliphatic rings. The summed E-state index contributed by atoms with van der Waals surface area (Å²) in [6.07, 6.45) is 2.11. The summed E-state index contributed by atoms with van der Waals surface area (Å²) in [5, 5.41) is 28.4. The number of amides is 1. The minimum absolute atomic E-state index is 0.0765. The lowest BCUT2D eigenvalue weighted by Gasteiger charge is -2.19. The van der Waals surface area contributed by atoms with Crippen LogP contribution in [0.15, 0.2) is 81.6 Å². The van der Waals surface area contributed by atoms with Crippen molar-refractivity contribution < 1.29 is 14.3 Å². The van der Waals surface area contributed by atoms with Gasteiger partial charge in [0.15, 0.2) is 0 Å². The Bertz CT molecular complexity index is 1290. The van der Waals surface area contributed by atoms with Gasteiger partial charge in [0.2, 0.25) is 5.16 Å². The van der Waals surface area contributed by atoms with Gasteiger partial charge < -0.3 is 9.52 Å². The first-order valence-corrected chi connectivity index (χ1v) is 11.3. The number of phenols is 1. The predicted molar refractivity (Wildman–Crippen MR) is 122 cm³/mol. The van der Waals surface area contributed by atoms with Gasteiger partial charge in [-0.25, -0.2) is 5.01 Å². The smallest absolute Gasteiger partial charge is 0.253 e. The van der Waals surface area contributed by atoms with Gasteiger partial charge in [-0.3, -0.25) is 4.79 Å². The largest absolute Gasteiger partial charge is 0.508 e. The summed E-state index contributed by atoms with van der Waals surface area (Å²) in [6.45, 7) is 0. The Morgan fingerprint density at radius 1 is 1.15 bits per heavy atom. The molecule has 2 aromatic carbocycles. The lowest BCUT2D eigenvalue weighted by atomic mass is 10.0. The van der Waals surface area contributed by atoms with E-state index in [2.05, 4.69) is 20.6 Å². The summed E-state index contributed by atoms with van der Waals surface area (Å²) in [5.41, 5.74) is 2.35. The number of phenolic OH excluding ortho intramolecular Hbond substituents is 1. The molecule has 5 rings (SSSR count). The fourth-order valence-corrected chi connectivity index (χ4v) is 4.35. The van der Waals surface area contributed by atoms with Crippen molar-refractivity contribution in [3.63, 3.8) is 0 Å². The number of benzene rings is 2. The highest BCUT2D eigenvalue weighted by atomic mass is 35.5. The summed E-state index contributed by atoms with van der Waals surface area (Å²) >= 11 is 7.21. The second-order valence-electron chi connectivity index (χ2n) is 7.21. The van der Waals surface area contributed by atoms with Crippen LogP contribution < -0.4 is 0 Å². The third-order valence-corrected chi connectivity index (χ3v) is 6.23. The summed E-state index contributed by atoms with van der Waals surface area (Å²) in [4.78, 5) is 13.2. The lowest BCUT2D eigenvalue weighted by molar-refractivity contribution is -0.130. The molecule has 0 radical (unpaired) electrons. The zero-order valence-electron chi connectivity index (χ0n) is 17.1. The first-order valence-electron chi connectivity index (χ1n) is 9.98. The average molecular weight is 481 g/mol. The average Bonchev–Trinajstić information content (AvgIpc) is 3.59. The molecule has 0 bridgehead atoms. The molecule has 3 heterocycles. The zero-order chi connectivity index (χ0) is 22.8. The summed E-state index contributed by atoms with van der Waals surface area (Å²) < 4.78 is 7.09. The molecule has 0 saturated heterocycles. The first-order chi connectivity index (χ1) is 16.1. The molecule has 2 aromatic heterocycles. The van der Waals surface area contributed by atoms with Crippen molar-refractivity contribution in [3.05, 3.63) is 83.3 Å². The molecule has 0 fully saturated rings. The molecule has 11 heteroatoms. The van der Waals surface area contributed by atoms with E-state index >= 15 is 0 Å². The normalized spacial score (nSPS) is 15.6. The molecule has 0 saturated carbocycles. The number of carbonyl (C=O) groups is 1. The number of nitrogens with zero attached hydrogens (tertiary/aromatic N) is 6. The van der Waals surface area contributed by atoms with Gasteiger partial charge in [-0.2, -0.15) is 9.78 Å². The Balaban J connectivity index is 1.36. The van der Waals surface area contributed by atoms with Crippen LogP contribution in [-0.4, -0.2) is 47.7 Å². The highest BCUT2D eigenvalue weighted by Gasteiger charge is 2.35. The van der Waals surface area contributed by atoms with E-state index in [9.17, 15) is 9.90 Å². The van der Waals surface area contributed by atoms with Crippen molar-refractivity contribution >= 4 is 35.0 Å². The van der Waals surface area contributed by atoms with Crippen molar-refractivity contribution in [1.82, 2.24) is 25.2 Å². The standard InChI is InChI=1S/C22H17ClN6O3S/c23-15-5-3-14(4-6-15)18-12-19(20-2-1-11-32-20)29(25-18)21(31)13-33-22-24-26-27-28(22)16-7-9-17(30)10-8-16/h1-11,19,30H,12-13H2. The third-order valence-electron chi connectivity index (χ3n) is 5.07. The van der Waals surface area contributed by atoms with Crippen molar-refractivity contribution in [2.24, 2.45) is 5.10 Å². The van der Waals surface area contributed by atoms with Crippen LogP contribution in [0.2, 0.25) is 5.02 Å². The van der Waals surface area contributed by atoms with Crippen molar-refractivity contribution in [2.45, 2.75) is 17.6 Å². The summed E-state index contributed by atoms with van der Waals surface area (Å²) in [6, 6.07) is 17.1. The van der Waals surface area contributed by atoms with Gasteiger partial charge in [-0.05, 0) is 64.5 Å². The van der Waals surface area contributed by atoms with Crippen LogP contribution in [0, 0.1) is 0 Å². The number of aromatic nitrogens is 4. The summed E-state index contributed by atoms with van der Waals surface area (Å²) in [5.74, 6) is 0.678. The van der Waals surface area contributed by atoms with E-state index in [1.807, 2.05) is 18.2 Å². The molecular formula is C22H17ClN6O3S. The topological polar surface area (TPSA) is 110 Å². The van der Waals surface area contributed by atoms with Gasteiger partial charge in [0.25, 0.3) is 5.91 Å². The number of hydrogen-bond donors (Lipinski definition) is 1. The molecule has 33 heavy (non-hydrogen) atoms. The maximum Gasteiger partial charge on any atom is 0.253 e. The van der Waals surface area contributed by atoms with Gasteiger partial charge >= 0.3 is 0 Å². The fraction of sp³-hybridized carbons (Fsp3) is 0.136. The number of hydrazone groups is 1. The van der Waals surface area contributed by atoms with E-state index in [-0.39, 0.29) is 23.5 Å². The Kier molecular flexibility index (Phi) is 5.84. The highest BCUT2D eigenvalue weighted by Crippen LogP contribution is 2.34. The lowest BCUT2D eigenvalue weighted by Crippen LogP contribution is -2.28. The Morgan fingerprint density at radius 2 is 1.94 bits per heavy atom. The van der Waals surface area contributed by atoms with E-state index < -0.39 is 0 Å². The van der Waals surface area contributed by atoms with Crippen LogP contribution >= 0.6 is 23.4 Å². The molecule has 1 N–H and O–H groups in total. The molecule has 1 aliphatic heterocycles. The molecule has 0 aliphatic carbocycles. The number of furan rings is 1. The number of aromatic hydroxyl groups is 1. The minimum Gasteiger partial charge on any atom is -0.508 e. The zero-order valence-corrected chi connectivity index (χ0v) is 18.6. The minimum atomic E-state index is -0.341. The van der Waals surface area contributed by atoms with Crippen LogP contribution in [0.4, 0.5) is 0 Å². The third kappa shape index (κ3) is 4.48. The first kappa shape index (κ1) is 21.2. The summed E-state index contributed by atoms with van der Waals surface area (Å²) in [7, 11) is 0. The van der Waals surface area contributed by atoms with E-state index in [1.165, 1.54) is 21.5 Å². The van der Waals surface area contributed by atoms with Crippen LogP contribution in [0.3, 0.4) is 0 Å². The maximum atomic E-state index is 13.2. The highest BCUT2D eigenvalue weighted by molar-refractivity contribution is 7.99. The quantitative estimate of drug-likeness (QED) is 0.414. The van der Waals surface area contributed by atoms with Gasteiger partial charge in [0.05, 0.1) is 23.4 Å². The molecule has 4 aromatic rings. The molecule has 0 spiro atoms.